The monoisotopic (exact) mass is 207 g/mol. The van der Waals surface area contributed by atoms with Gasteiger partial charge >= 0.3 is 0 Å². The quantitative estimate of drug-likeness (QED) is 0.760. The fourth-order valence-corrected chi connectivity index (χ4v) is 1.37. The van der Waals surface area contributed by atoms with E-state index in [-0.39, 0.29) is 6.10 Å². The highest BCUT2D eigenvalue weighted by molar-refractivity contribution is 5.42. The number of ether oxygens (including phenoxy) is 2. The number of aryl methyl sites for hydroxylation is 1. The zero-order valence-corrected chi connectivity index (χ0v) is 9.49. The van der Waals surface area contributed by atoms with Gasteiger partial charge in [-0.15, -0.1) is 0 Å². The highest BCUT2D eigenvalue weighted by atomic mass is 16.5. The SMILES string of the molecule is Cc1nccc(OC(C)C)c1OC1CC1. The van der Waals surface area contributed by atoms with Crippen molar-refractivity contribution < 1.29 is 9.47 Å². The molecule has 0 spiro atoms. The smallest absolute Gasteiger partial charge is 0.182 e. The summed E-state index contributed by atoms with van der Waals surface area (Å²) in [6.07, 6.45) is 4.59. The Labute approximate surface area is 90.4 Å². The van der Waals surface area contributed by atoms with Crippen molar-refractivity contribution >= 4 is 0 Å². The Morgan fingerprint density at radius 2 is 2.13 bits per heavy atom. The average molecular weight is 207 g/mol. The summed E-state index contributed by atoms with van der Waals surface area (Å²) in [5, 5.41) is 0. The fraction of sp³-hybridized carbons (Fsp3) is 0.583. The molecule has 3 heteroatoms. The lowest BCUT2D eigenvalue weighted by Gasteiger charge is -2.15. The highest BCUT2D eigenvalue weighted by Gasteiger charge is 2.26. The number of hydrogen-bond donors (Lipinski definition) is 0. The first-order valence-corrected chi connectivity index (χ1v) is 5.45. The lowest BCUT2D eigenvalue weighted by molar-refractivity contribution is 0.216. The second-order valence-corrected chi connectivity index (χ2v) is 4.21. The first kappa shape index (κ1) is 10.3. The van der Waals surface area contributed by atoms with Crippen LogP contribution in [-0.2, 0) is 0 Å². The molecule has 0 aromatic carbocycles. The molecule has 0 amide bonds. The lowest BCUT2D eigenvalue weighted by atomic mass is 10.3. The topological polar surface area (TPSA) is 31.4 Å². The molecule has 82 valence electrons. The van der Waals surface area contributed by atoms with Crippen LogP contribution in [-0.4, -0.2) is 17.2 Å². The number of aromatic nitrogens is 1. The van der Waals surface area contributed by atoms with E-state index in [0.29, 0.717) is 6.10 Å². The van der Waals surface area contributed by atoms with E-state index in [1.54, 1.807) is 6.20 Å². The van der Waals surface area contributed by atoms with Crippen molar-refractivity contribution in [2.45, 2.75) is 45.8 Å². The predicted octanol–water partition coefficient (Wildman–Crippen LogP) is 2.72. The second-order valence-electron chi connectivity index (χ2n) is 4.21. The van der Waals surface area contributed by atoms with Crippen LogP contribution in [0.5, 0.6) is 11.5 Å². The molecule has 1 aliphatic carbocycles. The molecule has 0 saturated heterocycles. The molecule has 0 radical (unpaired) electrons. The fourth-order valence-electron chi connectivity index (χ4n) is 1.37. The van der Waals surface area contributed by atoms with Crippen LogP contribution in [0.25, 0.3) is 0 Å². The van der Waals surface area contributed by atoms with E-state index in [0.717, 1.165) is 30.0 Å². The van der Waals surface area contributed by atoms with E-state index < -0.39 is 0 Å². The summed E-state index contributed by atoms with van der Waals surface area (Å²) >= 11 is 0. The molecule has 0 bridgehead atoms. The van der Waals surface area contributed by atoms with Crippen LogP contribution >= 0.6 is 0 Å². The standard InChI is InChI=1S/C12H17NO2/c1-8(2)14-11-6-7-13-9(3)12(11)15-10-4-5-10/h6-8,10H,4-5H2,1-3H3. The van der Waals surface area contributed by atoms with Crippen LogP contribution in [0.2, 0.25) is 0 Å². The Bertz CT molecular complexity index is 345. The van der Waals surface area contributed by atoms with Gasteiger partial charge < -0.3 is 9.47 Å². The summed E-state index contributed by atoms with van der Waals surface area (Å²) in [6, 6.07) is 1.87. The molecule has 0 atom stereocenters. The van der Waals surface area contributed by atoms with Gasteiger partial charge in [0, 0.05) is 12.3 Å². The molecule has 1 aliphatic rings. The maximum atomic E-state index is 5.80. The van der Waals surface area contributed by atoms with Crippen molar-refractivity contribution in [3.05, 3.63) is 18.0 Å². The van der Waals surface area contributed by atoms with Gasteiger partial charge in [-0.2, -0.15) is 0 Å². The van der Waals surface area contributed by atoms with Gasteiger partial charge in [0.05, 0.1) is 17.9 Å². The minimum atomic E-state index is 0.161. The third kappa shape index (κ3) is 2.61. The van der Waals surface area contributed by atoms with Gasteiger partial charge in [0.25, 0.3) is 0 Å². The van der Waals surface area contributed by atoms with Crippen molar-refractivity contribution in [1.82, 2.24) is 4.98 Å². The third-order valence-corrected chi connectivity index (χ3v) is 2.22. The van der Waals surface area contributed by atoms with Gasteiger partial charge in [-0.25, -0.2) is 0 Å². The minimum absolute atomic E-state index is 0.161. The summed E-state index contributed by atoms with van der Waals surface area (Å²) in [5.74, 6) is 1.62. The van der Waals surface area contributed by atoms with Crippen molar-refractivity contribution in [3.63, 3.8) is 0 Å². The zero-order valence-electron chi connectivity index (χ0n) is 9.49. The normalized spacial score (nSPS) is 15.5. The molecule has 1 aromatic heterocycles. The molecule has 1 aromatic rings. The molecule has 3 nitrogen and oxygen atoms in total. The van der Waals surface area contributed by atoms with Crippen molar-refractivity contribution in [1.29, 1.82) is 0 Å². The first-order valence-electron chi connectivity index (χ1n) is 5.45. The van der Waals surface area contributed by atoms with Crippen LogP contribution in [0, 0.1) is 6.92 Å². The van der Waals surface area contributed by atoms with E-state index in [2.05, 4.69) is 4.98 Å². The Morgan fingerprint density at radius 1 is 1.40 bits per heavy atom. The van der Waals surface area contributed by atoms with Gasteiger partial charge in [0.1, 0.15) is 0 Å². The summed E-state index contributed by atoms with van der Waals surface area (Å²) < 4.78 is 11.5. The number of rotatable bonds is 4. The summed E-state index contributed by atoms with van der Waals surface area (Å²) in [6.45, 7) is 5.97. The molecule has 0 unspecified atom stereocenters. The summed E-state index contributed by atoms with van der Waals surface area (Å²) in [7, 11) is 0. The average Bonchev–Trinajstić information content (AvgIpc) is 2.94. The van der Waals surface area contributed by atoms with E-state index in [1.807, 2.05) is 26.8 Å². The van der Waals surface area contributed by atoms with Gasteiger partial charge in [0.15, 0.2) is 11.5 Å². The summed E-state index contributed by atoms with van der Waals surface area (Å²) in [4.78, 5) is 4.22. The Balaban J connectivity index is 2.21. The number of hydrogen-bond acceptors (Lipinski definition) is 3. The summed E-state index contributed by atoms with van der Waals surface area (Å²) in [5.41, 5.74) is 0.903. The van der Waals surface area contributed by atoms with Crippen LogP contribution in [0.15, 0.2) is 12.3 Å². The molecule has 15 heavy (non-hydrogen) atoms. The Hall–Kier alpha value is -1.25. The van der Waals surface area contributed by atoms with Crippen LogP contribution < -0.4 is 9.47 Å². The minimum Gasteiger partial charge on any atom is -0.487 e. The van der Waals surface area contributed by atoms with Gasteiger partial charge in [-0.05, 0) is 33.6 Å². The van der Waals surface area contributed by atoms with E-state index in [9.17, 15) is 0 Å². The molecule has 2 rings (SSSR count). The second kappa shape index (κ2) is 4.09. The molecule has 0 N–H and O–H groups in total. The largest absolute Gasteiger partial charge is 0.487 e. The molecule has 1 heterocycles. The third-order valence-electron chi connectivity index (χ3n) is 2.22. The van der Waals surface area contributed by atoms with Crippen molar-refractivity contribution in [2.75, 3.05) is 0 Å². The van der Waals surface area contributed by atoms with Gasteiger partial charge in [0.2, 0.25) is 0 Å². The van der Waals surface area contributed by atoms with Gasteiger partial charge in [-0.3, -0.25) is 4.98 Å². The van der Waals surface area contributed by atoms with E-state index >= 15 is 0 Å². The molecule has 1 saturated carbocycles. The predicted molar refractivity (Wildman–Crippen MR) is 58.4 cm³/mol. The maximum Gasteiger partial charge on any atom is 0.182 e. The van der Waals surface area contributed by atoms with Crippen LogP contribution in [0.4, 0.5) is 0 Å². The van der Waals surface area contributed by atoms with Crippen LogP contribution in [0.1, 0.15) is 32.4 Å². The number of pyridine rings is 1. The van der Waals surface area contributed by atoms with Crippen molar-refractivity contribution in [2.24, 2.45) is 0 Å². The zero-order chi connectivity index (χ0) is 10.8. The van der Waals surface area contributed by atoms with E-state index in [1.165, 1.54) is 0 Å². The number of nitrogens with zero attached hydrogens (tertiary/aromatic N) is 1. The molecular formula is C12H17NO2. The molecular weight excluding hydrogens is 190 g/mol. The highest BCUT2D eigenvalue weighted by Crippen LogP contribution is 2.35. The maximum absolute atomic E-state index is 5.80. The molecule has 0 aliphatic heterocycles. The first-order chi connectivity index (χ1) is 7.16. The Kier molecular flexibility index (Phi) is 2.80. The van der Waals surface area contributed by atoms with E-state index in [4.69, 9.17) is 9.47 Å². The lowest BCUT2D eigenvalue weighted by Crippen LogP contribution is -2.09. The molecule has 1 fully saturated rings. The van der Waals surface area contributed by atoms with Crippen LogP contribution in [0.3, 0.4) is 0 Å². The Morgan fingerprint density at radius 3 is 2.73 bits per heavy atom. The van der Waals surface area contributed by atoms with Crippen molar-refractivity contribution in [3.8, 4) is 11.5 Å². The van der Waals surface area contributed by atoms with Gasteiger partial charge in [-0.1, -0.05) is 0 Å².